The summed E-state index contributed by atoms with van der Waals surface area (Å²) in [5.41, 5.74) is 7.36. The van der Waals surface area contributed by atoms with Crippen molar-refractivity contribution < 1.29 is 33.4 Å². The van der Waals surface area contributed by atoms with Gasteiger partial charge in [-0.1, -0.05) is 42.5 Å². The SMILES string of the molecule is Cc1ccc(OC2C=C(C(=O)NCCC(N)=O)CC(OC(=O)Nc3ccccc3)C2OC(=O)Nc2ccccc2)c(Br)c1. The van der Waals surface area contributed by atoms with Gasteiger partial charge in [0.2, 0.25) is 11.8 Å². The number of nitrogens with two attached hydrogens (primary N) is 1. The van der Waals surface area contributed by atoms with E-state index in [4.69, 9.17) is 19.9 Å². The third kappa shape index (κ3) is 9.33. The number of carbonyl (C=O) groups excluding carboxylic acids is 4. The normalized spacial score (nSPS) is 17.5. The highest BCUT2D eigenvalue weighted by atomic mass is 79.9. The topological polar surface area (TPSA) is 158 Å². The Balaban J connectivity index is 1.64. The first-order valence-electron chi connectivity index (χ1n) is 13.4. The largest absolute Gasteiger partial charge is 0.481 e. The molecule has 5 N–H and O–H groups in total. The van der Waals surface area contributed by atoms with Crippen molar-refractivity contribution in [2.75, 3.05) is 17.2 Å². The monoisotopic (exact) mass is 650 g/mol. The molecule has 0 saturated heterocycles. The second kappa shape index (κ2) is 14.9. The van der Waals surface area contributed by atoms with E-state index < -0.39 is 42.3 Å². The summed E-state index contributed by atoms with van der Waals surface area (Å²) >= 11 is 3.49. The van der Waals surface area contributed by atoms with E-state index in [0.717, 1.165) is 5.56 Å². The number of aryl methyl sites for hydroxylation is 1. The van der Waals surface area contributed by atoms with Gasteiger partial charge in [-0.3, -0.25) is 20.2 Å². The Hall–Kier alpha value is -4.84. The van der Waals surface area contributed by atoms with Gasteiger partial charge in [-0.2, -0.15) is 0 Å². The minimum atomic E-state index is -1.17. The fourth-order valence-electron chi connectivity index (χ4n) is 4.29. The van der Waals surface area contributed by atoms with Crippen molar-refractivity contribution in [1.29, 1.82) is 0 Å². The molecule has 0 saturated carbocycles. The van der Waals surface area contributed by atoms with Gasteiger partial charge in [-0.25, -0.2) is 9.59 Å². The number of para-hydroxylation sites is 2. The van der Waals surface area contributed by atoms with E-state index in [-0.39, 0.29) is 25.0 Å². The van der Waals surface area contributed by atoms with Gasteiger partial charge >= 0.3 is 12.2 Å². The molecule has 224 valence electrons. The van der Waals surface area contributed by atoms with E-state index in [2.05, 4.69) is 31.9 Å². The smallest absolute Gasteiger partial charge is 0.412 e. The lowest BCUT2D eigenvalue weighted by molar-refractivity contribution is -0.119. The fraction of sp³-hybridized carbons (Fsp3) is 0.226. The average molecular weight is 652 g/mol. The Bertz CT molecular complexity index is 1480. The zero-order valence-corrected chi connectivity index (χ0v) is 24.8. The van der Waals surface area contributed by atoms with Crippen molar-refractivity contribution in [2.45, 2.75) is 38.1 Å². The summed E-state index contributed by atoms with van der Waals surface area (Å²) in [4.78, 5) is 50.3. The standard InChI is InChI=1S/C31H31BrN4O7/c1-19-12-13-24(23(32)16-19)41-25-17-20(29(38)34-15-14-27(33)37)18-26(42-30(39)35-21-8-4-2-5-9-21)28(25)43-31(40)36-22-10-6-3-7-11-22/h2-13,16-17,25-26,28H,14-15,18H2,1H3,(H2,33,37)(H,34,38)(H,35,39)(H,36,40). The number of benzene rings is 3. The zero-order valence-electron chi connectivity index (χ0n) is 23.2. The quantitative estimate of drug-likeness (QED) is 0.239. The minimum absolute atomic E-state index is 0.0139. The first-order chi connectivity index (χ1) is 20.7. The number of carbonyl (C=O) groups is 4. The van der Waals surface area contributed by atoms with Crippen LogP contribution in [0.15, 0.2) is 95.0 Å². The predicted molar refractivity (Wildman–Crippen MR) is 163 cm³/mol. The van der Waals surface area contributed by atoms with Gasteiger partial charge in [-0.05, 0) is 70.9 Å². The molecule has 0 radical (unpaired) electrons. The highest BCUT2D eigenvalue weighted by Crippen LogP contribution is 2.32. The van der Waals surface area contributed by atoms with Crippen LogP contribution in [-0.2, 0) is 19.1 Å². The van der Waals surface area contributed by atoms with E-state index in [0.29, 0.717) is 21.6 Å². The van der Waals surface area contributed by atoms with E-state index in [1.165, 1.54) is 6.08 Å². The van der Waals surface area contributed by atoms with E-state index in [1.54, 1.807) is 66.7 Å². The van der Waals surface area contributed by atoms with E-state index in [9.17, 15) is 19.2 Å². The van der Waals surface area contributed by atoms with Gasteiger partial charge in [0.05, 0.1) is 4.47 Å². The number of anilines is 2. The summed E-state index contributed by atoms with van der Waals surface area (Å²) in [6.07, 6.45) is -3.64. The summed E-state index contributed by atoms with van der Waals surface area (Å²) in [5, 5.41) is 7.93. The van der Waals surface area contributed by atoms with Gasteiger partial charge < -0.3 is 25.3 Å². The number of rotatable bonds is 10. The molecule has 1 aliphatic rings. The Morgan fingerprint density at radius 1 is 0.884 bits per heavy atom. The van der Waals surface area contributed by atoms with Crippen LogP contribution in [0.5, 0.6) is 5.75 Å². The number of amides is 4. The molecule has 3 aromatic rings. The lowest BCUT2D eigenvalue weighted by Crippen LogP contribution is -2.50. The Morgan fingerprint density at radius 2 is 1.49 bits per heavy atom. The number of halogens is 1. The van der Waals surface area contributed by atoms with E-state index >= 15 is 0 Å². The summed E-state index contributed by atoms with van der Waals surface area (Å²) in [7, 11) is 0. The van der Waals surface area contributed by atoms with Crippen LogP contribution >= 0.6 is 15.9 Å². The lowest BCUT2D eigenvalue weighted by atomic mass is 9.91. The van der Waals surface area contributed by atoms with Crippen molar-refractivity contribution >= 4 is 51.3 Å². The molecule has 43 heavy (non-hydrogen) atoms. The molecule has 11 nitrogen and oxygen atoms in total. The number of nitrogens with one attached hydrogen (secondary N) is 3. The lowest BCUT2D eigenvalue weighted by Gasteiger charge is -2.35. The summed E-state index contributed by atoms with van der Waals surface area (Å²) in [6, 6.07) is 22.8. The van der Waals surface area contributed by atoms with Crippen LogP contribution in [0, 0.1) is 6.92 Å². The van der Waals surface area contributed by atoms with Gasteiger partial charge in [0.1, 0.15) is 11.9 Å². The highest BCUT2D eigenvalue weighted by molar-refractivity contribution is 9.10. The second-order valence-corrected chi connectivity index (χ2v) is 10.5. The third-order valence-corrected chi connectivity index (χ3v) is 6.94. The Morgan fingerprint density at radius 3 is 2.07 bits per heavy atom. The minimum Gasteiger partial charge on any atom is -0.481 e. The van der Waals surface area contributed by atoms with Crippen molar-refractivity contribution in [3.05, 3.63) is 101 Å². The number of hydrogen-bond donors (Lipinski definition) is 4. The Kier molecular flexibility index (Phi) is 10.8. The summed E-state index contributed by atoms with van der Waals surface area (Å²) < 4.78 is 18.5. The molecule has 12 heteroatoms. The van der Waals surface area contributed by atoms with Crippen molar-refractivity contribution in [3.63, 3.8) is 0 Å². The number of primary amides is 1. The van der Waals surface area contributed by atoms with Crippen LogP contribution in [0.1, 0.15) is 18.4 Å². The molecule has 0 aliphatic heterocycles. The molecule has 3 atom stereocenters. The molecular weight excluding hydrogens is 620 g/mol. The van der Waals surface area contributed by atoms with Gasteiger partial charge in [0.15, 0.2) is 12.2 Å². The van der Waals surface area contributed by atoms with Gasteiger partial charge in [0.25, 0.3) is 0 Å². The van der Waals surface area contributed by atoms with Crippen molar-refractivity contribution in [3.8, 4) is 5.75 Å². The third-order valence-electron chi connectivity index (χ3n) is 6.32. The first kappa shape index (κ1) is 31.1. The van der Waals surface area contributed by atoms with E-state index in [1.807, 2.05) is 19.1 Å². The molecule has 3 aromatic carbocycles. The summed E-state index contributed by atoms with van der Waals surface area (Å²) in [5.74, 6) is -0.672. The van der Waals surface area contributed by atoms with Gasteiger partial charge in [0, 0.05) is 36.3 Å². The van der Waals surface area contributed by atoms with Crippen LogP contribution in [0.3, 0.4) is 0 Å². The molecule has 0 aromatic heterocycles. The molecule has 4 rings (SSSR count). The molecule has 3 unspecified atom stereocenters. The van der Waals surface area contributed by atoms with Crippen LogP contribution in [-0.4, -0.2) is 48.9 Å². The van der Waals surface area contributed by atoms with Crippen LogP contribution < -0.4 is 26.4 Å². The number of ether oxygens (including phenoxy) is 3. The molecular formula is C31H31BrN4O7. The van der Waals surface area contributed by atoms with Crippen molar-refractivity contribution in [2.24, 2.45) is 5.73 Å². The molecule has 0 spiro atoms. The van der Waals surface area contributed by atoms with Crippen LogP contribution in [0.2, 0.25) is 0 Å². The fourth-order valence-corrected chi connectivity index (χ4v) is 4.87. The summed E-state index contributed by atoms with van der Waals surface area (Å²) in [6.45, 7) is 1.93. The molecule has 0 bridgehead atoms. The maximum absolute atomic E-state index is 13.1. The molecule has 0 fully saturated rings. The van der Waals surface area contributed by atoms with Crippen LogP contribution in [0.25, 0.3) is 0 Å². The van der Waals surface area contributed by atoms with Gasteiger partial charge in [-0.15, -0.1) is 0 Å². The molecule has 0 heterocycles. The maximum Gasteiger partial charge on any atom is 0.412 e. The molecule has 4 amide bonds. The predicted octanol–water partition coefficient (Wildman–Crippen LogP) is 5.06. The molecule has 1 aliphatic carbocycles. The maximum atomic E-state index is 13.1. The second-order valence-electron chi connectivity index (χ2n) is 9.68. The Labute approximate surface area is 256 Å². The number of hydrogen-bond acceptors (Lipinski definition) is 7. The highest BCUT2D eigenvalue weighted by Gasteiger charge is 2.42. The zero-order chi connectivity index (χ0) is 30.8. The van der Waals surface area contributed by atoms with Crippen LogP contribution in [0.4, 0.5) is 21.0 Å². The average Bonchev–Trinajstić information content (AvgIpc) is 2.96. The van der Waals surface area contributed by atoms with Crippen molar-refractivity contribution in [1.82, 2.24) is 5.32 Å². The first-order valence-corrected chi connectivity index (χ1v) is 14.2.